The van der Waals surface area contributed by atoms with Crippen LogP contribution in [-0.4, -0.2) is 14.6 Å². The van der Waals surface area contributed by atoms with Gasteiger partial charge in [-0.2, -0.15) is 0 Å². The van der Waals surface area contributed by atoms with Gasteiger partial charge in [-0.15, -0.1) is 10.2 Å². The largest absolute Gasteiger partial charge is 0.289 e. The van der Waals surface area contributed by atoms with Gasteiger partial charge < -0.3 is 0 Å². The molecule has 0 aliphatic heterocycles. The van der Waals surface area contributed by atoms with E-state index in [1.165, 1.54) is 0 Å². The second-order valence-electron chi connectivity index (χ2n) is 2.25. The van der Waals surface area contributed by atoms with Gasteiger partial charge in [-0.25, -0.2) is 0 Å². The number of nitrogens with zero attached hydrogens (tertiary/aromatic N) is 3. The molecule has 3 heteroatoms. The van der Waals surface area contributed by atoms with Crippen LogP contribution in [-0.2, 0) is 0 Å². The summed E-state index contributed by atoms with van der Waals surface area (Å²) >= 11 is 0. The minimum absolute atomic E-state index is 0.933. The maximum Gasteiger partial charge on any atom is 0.163 e. The first-order valence-electron chi connectivity index (χ1n) is 3.13. The second kappa shape index (κ2) is 1.80. The number of pyridine rings is 1. The van der Waals surface area contributed by atoms with E-state index in [0.29, 0.717) is 0 Å². The van der Waals surface area contributed by atoms with Gasteiger partial charge in [-0.05, 0) is 18.6 Å². The fourth-order valence-electron chi connectivity index (χ4n) is 0.989. The Morgan fingerprint density at radius 3 is 3.20 bits per heavy atom. The molecule has 0 saturated carbocycles. The molecule has 0 amide bonds. The molecular formula is C7H7N3. The van der Waals surface area contributed by atoms with Gasteiger partial charge in [0.1, 0.15) is 6.33 Å². The minimum Gasteiger partial charge on any atom is -0.289 e. The lowest BCUT2D eigenvalue weighted by molar-refractivity contribution is 1.10. The lowest BCUT2D eigenvalue weighted by Crippen LogP contribution is -1.83. The molecule has 2 heterocycles. The van der Waals surface area contributed by atoms with Crippen molar-refractivity contribution in [1.29, 1.82) is 0 Å². The van der Waals surface area contributed by atoms with E-state index in [0.717, 1.165) is 11.2 Å². The lowest BCUT2D eigenvalue weighted by atomic mass is 10.3. The van der Waals surface area contributed by atoms with Crippen LogP contribution in [0.15, 0.2) is 24.7 Å². The van der Waals surface area contributed by atoms with E-state index in [2.05, 4.69) is 10.2 Å². The predicted molar refractivity (Wildman–Crippen MR) is 37.7 cm³/mol. The first-order valence-corrected chi connectivity index (χ1v) is 3.13. The number of rotatable bonds is 0. The molecule has 0 aliphatic rings. The molecule has 3 nitrogen and oxygen atoms in total. The SMILES string of the molecule is Cc1cccn2cnnc12. The second-order valence-corrected chi connectivity index (χ2v) is 2.25. The van der Waals surface area contributed by atoms with E-state index in [9.17, 15) is 0 Å². The van der Waals surface area contributed by atoms with Gasteiger partial charge >= 0.3 is 0 Å². The number of hydrogen-bond acceptors (Lipinski definition) is 2. The van der Waals surface area contributed by atoms with Gasteiger partial charge in [-0.3, -0.25) is 4.40 Å². The summed E-state index contributed by atoms with van der Waals surface area (Å²) in [5, 5.41) is 7.71. The smallest absolute Gasteiger partial charge is 0.163 e. The highest BCUT2D eigenvalue weighted by atomic mass is 15.2. The zero-order valence-corrected chi connectivity index (χ0v) is 5.65. The summed E-state index contributed by atoms with van der Waals surface area (Å²) in [5.41, 5.74) is 2.09. The standard InChI is InChI=1S/C7H7N3/c1-6-3-2-4-10-5-8-9-7(6)10/h2-5H,1H3. The van der Waals surface area contributed by atoms with Crippen LogP contribution >= 0.6 is 0 Å². The molecule has 2 aromatic rings. The Hall–Kier alpha value is -1.38. The summed E-state index contributed by atoms with van der Waals surface area (Å²) in [4.78, 5) is 0. The molecule has 0 aromatic carbocycles. The van der Waals surface area contributed by atoms with Crippen molar-refractivity contribution in [3.63, 3.8) is 0 Å². The third-order valence-electron chi connectivity index (χ3n) is 1.52. The summed E-state index contributed by atoms with van der Waals surface area (Å²) in [7, 11) is 0. The Bertz CT molecular complexity index is 350. The van der Waals surface area contributed by atoms with E-state index in [1.807, 2.05) is 29.7 Å². The third kappa shape index (κ3) is 0.603. The van der Waals surface area contributed by atoms with Crippen molar-refractivity contribution >= 4 is 5.65 Å². The minimum atomic E-state index is 0.933. The topological polar surface area (TPSA) is 30.2 Å². The molecule has 0 fully saturated rings. The fraction of sp³-hybridized carbons (Fsp3) is 0.143. The van der Waals surface area contributed by atoms with Crippen molar-refractivity contribution in [2.75, 3.05) is 0 Å². The van der Waals surface area contributed by atoms with Crippen LogP contribution in [0.5, 0.6) is 0 Å². The first kappa shape index (κ1) is 5.41. The van der Waals surface area contributed by atoms with Gasteiger partial charge in [0.05, 0.1) is 0 Å². The normalized spacial score (nSPS) is 10.5. The molecule has 0 spiro atoms. The number of hydrogen-bond donors (Lipinski definition) is 0. The van der Waals surface area contributed by atoms with E-state index in [1.54, 1.807) is 6.33 Å². The molecule has 10 heavy (non-hydrogen) atoms. The molecule has 0 saturated heterocycles. The molecule has 0 bridgehead atoms. The summed E-state index contributed by atoms with van der Waals surface area (Å²) in [6, 6.07) is 4.00. The summed E-state index contributed by atoms with van der Waals surface area (Å²) in [6.45, 7) is 2.02. The van der Waals surface area contributed by atoms with Crippen LogP contribution in [0.2, 0.25) is 0 Å². The van der Waals surface area contributed by atoms with E-state index in [-0.39, 0.29) is 0 Å². The van der Waals surface area contributed by atoms with Gasteiger partial charge in [0.25, 0.3) is 0 Å². The summed E-state index contributed by atoms with van der Waals surface area (Å²) < 4.78 is 1.90. The van der Waals surface area contributed by atoms with Crippen LogP contribution in [0, 0.1) is 6.92 Å². The predicted octanol–water partition coefficient (Wildman–Crippen LogP) is 1.04. The van der Waals surface area contributed by atoms with Gasteiger partial charge in [0, 0.05) is 6.20 Å². The van der Waals surface area contributed by atoms with E-state index < -0.39 is 0 Å². The highest BCUT2D eigenvalue weighted by Crippen LogP contribution is 2.03. The highest BCUT2D eigenvalue weighted by molar-refractivity contribution is 5.44. The van der Waals surface area contributed by atoms with E-state index >= 15 is 0 Å². The van der Waals surface area contributed by atoms with Gasteiger partial charge in [0.2, 0.25) is 0 Å². The molecule has 0 aliphatic carbocycles. The van der Waals surface area contributed by atoms with Crippen molar-refractivity contribution in [2.24, 2.45) is 0 Å². The lowest BCUT2D eigenvalue weighted by Gasteiger charge is -1.92. The Morgan fingerprint density at radius 2 is 2.40 bits per heavy atom. The molecule has 0 radical (unpaired) electrons. The van der Waals surface area contributed by atoms with E-state index in [4.69, 9.17) is 0 Å². The van der Waals surface area contributed by atoms with Crippen LogP contribution in [0.3, 0.4) is 0 Å². The number of aromatic nitrogens is 3. The van der Waals surface area contributed by atoms with Crippen LogP contribution in [0.25, 0.3) is 5.65 Å². The average molecular weight is 133 g/mol. The van der Waals surface area contributed by atoms with Crippen molar-refractivity contribution in [2.45, 2.75) is 6.92 Å². The molecule has 0 unspecified atom stereocenters. The van der Waals surface area contributed by atoms with Crippen molar-refractivity contribution in [1.82, 2.24) is 14.6 Å². The van der Waals surface area contributed by atoms with Crippen molar-refractivity contribution < 1.29 is 0 Å². The molecule has 0 atom stereocenters. The van der Waals surface area contributed by atoms with Crippen molar-refractivity contribution in [3.8, 4) is 0 Å². The Morgan fingerprint density at radius 1 is 1.50 bits per heavy atom. The quantitative estimate of drug-likeness (QED) is 0.537. The number of aryl methyl sites for hydroxylation is 1. The molecule has 2 aromatic heterocycles. The van der Waals surface area contributed by atoms with Crippen LogP contribution in [0.4, 0.5) is 0 Å². The van der Waals surface area contributed by atoms with Crippen LogP contribution < -0.4 is 0 Å². The average Bonchev–Trinajstić information content (AvgIpc) is 2.36. The zero-order valence-electron chi connectivity index (χ0n) is 5.65. The Balaban J connectivity index is 2.95. The van der Waals surface area contributed by atoms with Gasteiger partial charge in [-0.1, -0.05) is 6.07 Å². The monoisotopic (exact) mass is 133 g/mol. The number of fused-ring (bicyclic) bond motifs is 1. The molecule has 50 valence electrons. The maximum absolute atomic E-state index is 3.93. The summed E-state index contributed by atoms with van der Waals surface area (Å²) in [6.07, 6.45) is 3.63. The van der Waals surface area contributed by atoms with Crippen LogP contribution in [0.1, 0.15) is 5.56 Å². The Labute approximate surface area is 58.3 Å². The highest BCUT2D eigenvalue weighted by Gasteiger charge is 1.94. The van der Waals surface area contributed by atoms with Crippen molar-refractivity contribution in [3.05, 3.63) is 30.2 Å². The molecule has 2 rings (SSSR count). The summed E-state index contributed by atoms with van der Waals surface area (Å²) in [5.74, 6) is 0. The first-order chi connectivity index (χ1) is 4.88. The maximum atomic E-state index is 3.93. The fourth-order valence-corrected chi connectivity index (χ4v) is 0.989. The molecule has 0 N–H and O–H groups in total. The Kier molecular flexibility index (Phi) is 0.974. The van der Waals surface area contributed by atoms with Gasteiger partial charge in [0.15, 0.2) is 5.65 Å². The molecular weight excluding hydrogens is 126 g/mol. The third-order valence-corrected chi connectivity index (χ3v) is 1.52. The zero-order chi connectivity index (χ0) is 6.97.